The third kappa shape index (κ3) is 3.19. The summed E-state index contributed by atoms with van der Waals surface area (Å²) in [6.45, 7) is 6.39. The smallest absolute Gasteiger partial charge is 0.0520 e. The fourth-order valence-electron chi connectivity index (χ4n) is 2.96. The molecule has 1 heteroatoms. The molecule has 1 aliphatic rings. The van der Waals surface area contributed by atoms with Crippen molar-refractivity contribution >= 4 is 12.3 Å². The summed E-state index contributed by atoms with van der Waals surface area (Å²) < 4.78 is 0. The number of aliphatic imine (C=N–C) groups is 1. The van der Waals surface area contributed by atoms with Gasteiger partial charge in [-0.2, -0.15) is 0 Å². The molecule has 112 valence electrons. The first kappa shape index (κ1) is 14.8. The van der Waals surface area contributed by atoms with Gasteiger partial charge in [-0.1, -0.05) is 60.7 Å². The summed E-state index contributed by atoms with van der Waals surface area (Å²) in [5, 5.41) is 0. The van der Waals surface area contributed by atoms with Gasteiger partial charge in [-0.3, -0.25) is 4.99 Å². The Morgan fingerprint density at radius 2 is 1.64 bits per heavy atom. The van der Waals surface area contributed by atoms with Crippen molar-refractivity contribution in [2.45, 2.75) is 38.6 Å². The van der Waals surface area contributed by atoms with E-state index in [2.05, 4.69) is 92.7 Å². The summed E-state index contributed by atoms with van der Waals surface area (Å²) in [6, 6.07) is 17.4. The van der Waals surface area contributed by atoms with Crippen LogP contribution in [0.25, 0.3) is 6.08 Å². The van der Waals surface area contributed by atoms with E-state index in [-0.39, 0.29) is 5.54 Å². The molecule has 0 spiro atoms. The normalized spacial score (nSPS) is 17.1. The molecule has 1 atom stereocenters. The van der Waals surface area contributed by atoms with Crippen LogP contribution in [0.5, 0.6) is 0 Å². The van der Waals surface area contributed by atoms with Crippen LogP contribution in [0.4, 0.5) is 0 Å². The van der Waals surface area contributed by atoms with E-state index in [0.29, 0.717) is 5.92 Å². The third-order valence-corrected chi connectivity index (χ3v) is 3.98. The molecule has 1 nitrogen and oxygen atoms in total. The van der Waals surface area contributed by atoms with Gasteiger partial charge >= 0.3 is 0 Å². The van der Waals surface area contributed by atoms with Crippen LogP contribution in [0.1, 0.15) is 48.9 Å². The van der Waals surface area contributed by atoms with Gasteiger partial charge in [0.2, 0.25) is 0 Å². The summed E-state index contributed by atoms with van der Waals surface area (Å²) >= 11 is 0. The third-order valence-electron chi connectivity index (χ3n) is 3.98. The van der Waals surface area contributed by atoms with Gasteiger partial charge in [0.05, 0.1) is 5.54 Å². The topological polar surface area (TPSA) is 12.4 Å². The van der Waals surface area contributed by atoms with E-state index < -0.39 is 0 Å². The van der Waals surface area contributed by atoms with Gasteiger partial charge in [-0.25, -0.2) is 0 Å². The molecule has 0 bridgehead atoms. The highest BCUT2D eigenvalue weighted by atomic mass is 14.8. The summed E-state index contributed by atoms with van der Waals surface area (Å²) in [7, 11) is 0. The molecule has 0 saturated carbocycles. The van der Waals surface area contributed by atoms with Crippen LogP contribution in [-0.2, 0) is 6.42 Å². The Morgan fingerprint density at radius 3 is 2.41 bits per heavy atom. The quantitative estimate of drug-likeness (QED) is 0.684. The number of hydrogen-bond donors (Lipinski definition) is 0. The van der Waals surface area contributed by atoms with Crippen molar-refractivity contribution in [3.8, 4) is 0 Å². The van der Waals surface area contributed by atoms with Gasteiger partial charge in [0.15, 0.2) is 0 Å². The Balaban J connectivity index is 1.90. The second-order valence-electron chi connectivity index (χ2n) is 6.85. The lowest BCUT2D eigenvalue weighted by atomic mass is 9.89. The largest absolute Gasteiger partial charge is 0.291 e. The molecule has 0 radical (unpaired) electrons. The summed E-state index contributed by atoms with van der Waals surface area (Å²) in [6.07, 6.45) is 7.49. The maximum Gasteiger partial charge on any atom is 0.0520 e. The van der Waals surface area contributed by atoms with Crippen molar-refractivity contribution in [3.05, 3.63) is 76.9 Å². The van der Waals surface area contributed by atoms with Crippen LogP contribution in [0.2, 0.25) is 0 Å². The van der Waals surface area contributed by atoms with Gasteiger partial charge in [0.1, 0.15) is 0 Å². The van der Waals surface area contributed by atoms with E-state index in [9.17, 15) is 0 Å². The summed E-state index contributed by atoms with van der Waals surface area (Å²) in [5.74, 6) is 0.371. The first-order chi connectivity index (χ1) is 10.5. The number of benzene rings is 2. The summed E-state index contributed by atoms with van der Waals surface area (Å²) in [5.41, 5.74) is 5.49. The fraction of sp³-hybridized carbons (Fsp3) is 0.286. The second-order valence-corrected chi connectivity index (χ2v) is 6.85. The van der Waals surface area contributed by atoms with E-state index in [1.54, 1.807) is 0 Å². The van der Waals surface area contributed by atoms with Crippen LogP contribution in [0.3, 0.4) is 0 Å². The minimum atomic E-state index is -0.00515. The first-order valence-corrected chi connectivity index (χ1v) is 7.93. The second kappa shape index (κ2) is 5.92. The highest BCUT2D eigenvalue weighted by Gasteiger charge is 2.20. The molecule has 0 fully saturated rings. The Labute approximate surface area is 133 Å². The van der Waals surface area contributed by atoms with Gasteiger partial charge in [0, 0.05) is 18.6 Å². The molecule has 0 aliphatic heterocycles. The monoisotopic (exact) mass is 289 g/mol. The fourth-order valence-corrected chi connectivity index (χ4v) is 2.96. The van der Waals surface area contributed by atoms with Gasteiger partial charge < -0.3 is 0 Å². The van der Waals surface area contributed by atoms with Crippen LogP contribution in [0.15, 0.2) is 59.6 Å². The Morgan fingerprint density at radius 1 is 0.955 bits per heavy atom. The van der Waals surface area contributed by atoms with Crippen molar-refractivity contribution in [1.82, 2.24) is 0 Å². The van der Waals surface area contributed by atoms with Crippen molar-refractivity contribution in [3.63, 3.8) is 0 Å². The van der Waals surface area contributed by atoms with E-state index in [1.165, 1.54) is 22.3 Å². The molecule has 2 aromatic rings. The molecular weight excluding hydrogens is 266 g/mol. The first-order valence-electron chi connectivity index (χ1n) is 7.93. The zero-order chi connectivity index (χ0) is 15.6. The van der Waals surface area contributed by atoms with E-state index >= 15 is 0 Å². The SMILES string of the molecule is CC(C)(C)N=CCc1ccccc1C1C=Cc2ccccc21. The van der Waals surface area contributed by atoms with Crippen molar-refractivity contribution in [2.24, 2.45) is 4.99 Å². The van der Waals surface area contributed by atoms with Crippen LogP contribution in [0, 0.1) is 0 Å². The van der Waals surface area contributed by atoms with E-state index in [1.807, 2.05) is 0 Å². The maximum atomic E-state index is 4.62. The number of allylic oxidation sites excluding steroid dienone is 1. The van der Waals surface area contributed by atoms with E-state index in [4.69, 9.17) is 0 Å². The van der Waals surface area contributed by atoms with Gasteiger partial charge in [-0.05, 0) is 43.0 Å². The highest BCUT2D eigenvalue weighted by Crippen LogP contribution is 2.36. The Kier molecular flexibility index (Phi) is 3.98. The lowest BCUT2D eigenvalue weighted by molar-refractivity contribution is 0.585. The lowest BCUT2D eigenvalue weighted by Gasteiger charge is -2.16. The Bertz CT molecular complexity index is 717. The van der Waals surface area contributed by atoms with Crippen LogP contribution < -0.4 is 0 Å². The highest BCUT2D eigenvalue weighted by molar-refractivity contribution is 5.68. The minimum absolute atomic E-state index is 0.00515. The molecule has 0 amide bonds. The molecule has 1 unspecified atom stereocenters. The molecule has 3 rings (SSSR count). The number of hydrogen-bond acceptors (Lipinski definition) is 1. The average molecular weight is 289 g/mol. The van der Waals surface area contributed by atoms with Crippen LogP contribution in [-0.4, -0.2) is 11.8 Å². The predicted octanol–water partition coefficient (Wildman–Crippen LogP) is 5.26. The number of rotatable bonds is 3. The predicted molar refractivity (Wildman–Crippen MR) is 95.7 cm³/mol. The number of nitrogens with zero attached hydrogens (tertiary/aromatic N) is 1. The molecule has 0 heterocycles. The molecule has 2 aromatic carbocycles. The van der Waals surface area contributed by atoms with Crippen molar-refractivity contribution < 1.29 is 0 Å². The Hall–Kier alpha value is -2.15. The van der Waals surface area contributed by atoms with Crippen molar-refractivity contribution in [2.75, 3.05) is 0 Å². The molecule has 0 saturated heterocycles. The zero-order valence-corrected chi connectivity index (χ0v) is 13.6. The molecule has 22 heavy (non-hydrogen) atoms. The standard InChI is InChI=1S/C21H23N/c1-21(2,3)22-15-14-17-9-5-7-11-19(17)20-13-12-16-8-4-6-10-18(16)20/h4-13,15,20H,14H2,1-3H3. The van der Waals surface area contributed by atoms with Crippen molar-refractivity contribution in [1.29, 1.82) is 0 Å². The van der Waals surface area contributed by atoms with Gasteiger partial charge in [-0.15, -0.1) is 0 Å². The summed E-state index contributed by atoms with van der Waals surface area (Å²) in [4.78, 5) is 4.62. The molecule has 0 N–H and O–H groups in total. The number of fused-ring (bicyclic) bond motifs is 1. The van der Waals surface area contributed by atoms with E-state index in [0.717, 1.165) is 6.42 Å². The lowest BCUT2D eigenvalue weighted by Crippen LogP contribution is -2.10. The molecule has 0 aromatic heterocycles. The molecular formula is C21H23N. The van der Waals surface area contributed by atoms with Crippen LogP contribution >= 0.6 is 0 Å². The maximum absolute atomic E-state index is 4.62. The minimum Gasteiger partial charge on any atom is -0.291 e. The zero-order valence-electron chi connectivity index (χ0n) is 13.6. The van der Waals surface area contributed by atoms with Gasteiger partial charge in [0.25, 0.3) is 0 Å². The average Bonchev–Trinajstić information content (AvgIpc) is 2.90. The molecule has 1 aliphatic carbocycles.